The van der Waals surface area contributed by atoms with Gasteiger partial charge in [0.05, 0.1) is 25.3 Å². The third kappa shape index (κ3) is 3.93. The van der Waals surface area contributed by atoms with Crippen molar-refractivity contribution in [3.05, 3.63) is 65.0 Å². The summed E-state index contributed by atoms with van der Waals surface area (Å²) in [6.07, 6.45) is 3.19. The highest BCUT2D eigenvalue weighted by molar-refractivity contribution is 6.46. The van der Waals surface area contributed by atoms with Gasteiger partial charge in [-0.25, -0.2) is 0 Å². The summed E-state index contributed by atoms with van der Waals surface area (Å²) in [4.78, 5) is 31.1. The van der Waals surface area contributed by atoms with Gasteiger partial charge in [0.2, 0.25) is 0 Å². The summed E-state index contributed by atoms with van der Waals surface area (Å²) >= 11 is 0. The van der Waals surface area contributed by atoms with Gasteiger partial charge in [0, 0.05) is 31.6 Å². The molecule has 2 aromatic rings. The molecule has 1 aromatic heterocycles. The second-order valence-corrected chi connectivity index (χ2v) is 7.38. The third-order valence-electron chi connectivity index (χ3n) is 5.22. The molecule has 1 aliphatic rings. The Balaban J connectivity index is 2.17. The zero-order chi connectivity index (χ0) is 21.8. The Morgan fingerprint density at radius 3 is 2.47 bits per heavy atom. The molecule has 1 saturated heterocycles. The zero-order valence-corrected chi connectivity index (χ0v) is 17.6. The number of rotatable bonds is 7. The summed E-state index contributed by atoms with van der Waals surface area (Å²) in [5.41, 5.74) is 2.11. The van der Waals surface area contributed by atoms with Crippen molar-refractivity contribution in [1.82, 2.24) is 9.88 Å². The highest BCUT2D eigenvalue weighted by Crippen LogP contribution is 2.40. The van der Waals surface area contributed by atoms with Crippen LogP contribution in [0.1, 0.15) is 42.5 Å². The summed E-state index contributed by atoms with van der Waals surface area (Å²) in [6, 6.07) is 7.99. The van der Waals surface area contributed by atoms with E-state index < -0.39 is 17.7 Å². The maximum absolute atomic E-state index is 12.9. The quantitative estimate of drug-likeness (QED) is 0.428. The molecule has 1 aliphatic heterocycles. The first-order valence-corrected chi connectivity index (χ1v) is 9.76. The van der Waals surface area contributed by atoms with Crippen LogP contribution in [0.5, 0.6) is 5.75 Å². The van der Waals surface area contributed by atoms with Crippen LogP contribution < -0.4 is 4.74 Å². The molecule has 7 heteroatoms. The van der Waals surface area contributed by atoms with Crippen molar-refractivity contribution in [1.29, 1.82) is 0 Å². The molecule has 3 rings (SSSR count). The van der Waals surface area contributed by atoms with Crippen molar-refractivity contribution in [2.24, 2.45) is 0 Å². The average molecular weight is 410 g/mol. The van der Waals surface area contributed by atoms with Crippen LogP contribution in [0.15, 0.2) is 48.3 Å². The molecule has 1 aromatic carbocycles. The van der Waals surface area contributed by atoms with E-state index in [-0.39, 0.29) is 30.4 Å². The van der Waals surface area contributed by atoms with E-state index in [9.17, 15) is 14.7 Å². The number of likely N-dealkylation sites (tertiary alicyclic amines) is 1. The number of aliphatic hydroxyl groups is 1. The van der Waals surface area contributed by atoms with Crippen LogP contribution in [0.4, 0.5) is 0 Å². The summed E-state index contributed by atoms with van der Waals surface area (Å²) in [7, 11) is 3.12. The number of aromatic nitrogens is 1. The first-order valence-electron chi connectivity index (χ1n) is 9.76. The number of ether oxygens (including phenoxy) is 2. The summed E-state index contributed by atoms with van der Waals surface area (Å²) < 4.78 is 10.5. The van der Waals surface area contributed by atoms with Crippen LogP contribution in [0.3, 0.4) is 0 Å². The smallest absolute Gasteiger partial charge is 0.295 e. The first kappa shape index (κ1) is 21.5. The summed E-state index contributed by atoms with van der Waals surface area (Å²) in [5.74, 6) is -0.736. The van der Waals surface area contributed by atoms with E-state index in [1.165, 1.54) is 12.0 Å². The predicted molar refractivity (Wildman–Crippen MR) is 112 cm³/mol. The number of nitrogens with zero attached hydrogens (tertiary/aromatic N) is 2. The van der Waals surface area contributed by atoms with Gasteiger partial charge < -0.3 is 19.5 Å². The van der Waals surface area contributed by atoms with Gasteiger partial charge in [-0.1, -0.05) is 13.8 Å². The molecule has 7 nitrogen and oxygen atoms in total. The molecule has 158 valence electrons. The van der Waals surface area contributed by atoms with Crippen molar-refractivity contribution in [3.63, 3.8) is 0 Å². The first-order chi connectivity index (χ1) is 14.4. The Hall–Kier alpha value is -3.19. The third-order valence-corrected chi connectivity index (χ3v) is 5.22. The van der Waals surface area contributed by atoms with Crippen molar-refractivity contribution in [2.75, 3.05) is 27.4 Å². The van der Waals surface area contributed by atoms with Crippen LogP contribution in [0, 0.1) is 0 Å². The van der Waals surface area contributed by atoms with Gasteiger partial charge in [0.15, 0.2) is 0 Å². The largest absolute Gasteiger partial charge is 0.507 e. The number of amides is 1. The fourth-order valence-electron chi connectivity index (χ4n) is 3.68. The predicted octanol–water partition coefficient (Wildman–Crippen LogP) is 3.28. The van der Waals surface area contributed by atoms with E-state index in [0.717, 1.165) is 5.56 Å². The van der Waals surface area contributed by atoms with E-state index in [0.29, 0.717) is 16.9 Å². The lowest BCUT2D eigenvalue weighted by molar-refractivity contribution is -0.140. The molecule has 0 bridgehead atoms. The summed E-state index contributed by atoms with van der Waals surface area (Å²) in [6.45, 7) is 4.53. The number of aliphatic hydroxyl groups excluding tert-OH is 1. The van der Waals surface area contributed by atoms with Crippen molar-refractivity contribution < 1.29 is 24.2 Å². The van der Waals surface area contributed by atoms with Crippen LogP contribution in [-0.4, -0.2) is 54.1 Å². The van der Waals surface area contributed by atoms with Crippen molar-refractivity contribution in [3.8, 4) is 5.75 Å². The minimum absolute atomic E-state index is 0.0576. The summed E-state index contributed by atoms with van der Waals surface area (Å²) in [5, 5.41) is 11.1. The van der Waals surface area contributed by atoms with E-state index in [4.69, 9.17) is 9.47 Å². The number of pyridine rings is 1. The minimum Gasteiger partial charge on any atom is -0.507 e. The van der Waals surface area contributed by atoms with Crippen LogP contribution in [-0.2, 0) is 14.3 Å². The van der Waals surface area contributed by atoms with E-state index in [1.807, 2.05) is 13.8 Å². The normalized spacial score (nSPS) is 18.3. The Kier molecular flexibility index (Phi) is 6.52. The molecule has 1 atom stereocenters. The van der Waals surface area contributed by atoms with Gasteiger partial charge >= 0.3 is 0 Å². The number of carbonyl (C=O) groups excluding carboxylic acids is 2. The molecular formula is C23H26N2O5. The maximum atomic E-state index is 12.9. The second kappa shape index (κ2) is 9.09. The molecule has 1 fully saturated rings. The fraction of sp³-hybridized carbons (Fsp3) is 0.348. The molecule has 30 heavy (non-hydrogen) atoms. The molecule has 1 N–H and O–H groups in total. The van der Waals surface area contributed by atoms with Gasteiger partial charge in [0.25, 0.3) is 11.7 Å². The van der Waals surface area contributed by atoms with Crippen LogP contribution >= 0.6 is 0 Å². The molecule has 0 radical (unpaired) electrons. The lowest BCUT2D eigenvalue weighted by Crippen LogP contribution is -2.32. The Morgan fingerprint density at radius 1 is 1.17 bits per heavy atom. The van der Waals surface area contributed by atoms with Gasteiger partial charge in [-0.2, -0.15) is 0 Å². The highest BCUT2D eigenvalue weighted by atomic mass is 16.5. The molecule has 1 amide bonds. The molecular weight excluding hydrogens is 384 g/mol. The Bertz CT molecular complexity index is 969. The molecule has 1 unspecified atom stereocenters. The fourth-order valence-corrected chi connectivity index (χ4v) is 3.68. The van der Waals surface area contributed by atoms with Gasteiger partial charge in [-0.3, -0.25) is 14.6 Å². The number of benzene rings is 1. The minimum atomic E-state index is -0.715. The topological polar surface area (TPSA) is 89.0 Å². The monoisotopic (exact) mass is 410 g/mol. The number of ketones is 1. The second-order valence-electron chi connectivity index (χ2n) is 7.38. The number of methoxy groups -OCH3 is 2. The van der Waals surface area contributed by atoms with Gasteiger partial charge in [-0.05, 0) is 47.4 Å². The maximum Gasteiger partial charge on any atom is 0.295 e. The number of Topliss-reactive ketones (excluding diaryl/α,β-unsaturated/α-hetero) is 1. The Labute approximate surface area is 175 Å². The van der Waals surface area contributed by atoms with E-state index in [1.54, 1.807) is 49.8 Å². The van der Waals surface area contributed by atoms with Gasteiger partial charge in [-0.15, -0.1) is 0 Å². The molecule has 0 aliphatic carbocycles. The molecule has 0 saturated carbocycles. The van der Waals surface area contributed by atoms with Crippen LogP contribution in [0.2, 0.25) is 0 Å². The standard InChI is InChI=1S/C23H26N2O5/c1-14(2)17-13-16(5-6-18(17)30-4)21(26)19-20(15-7-9-24-10-8-15)25(11-12-29-3)23(28)22(19)27/h5-10,13-14,20,26H,11-12H2,1-4H3/b21-19-. The lowest BCUT2D eigenvalue weighted by atomic mass is 9.93. The van der Waals surface area contributed by atoms with Crippen molar-refractivity contribution in [2.45, 2.75) is 25.8 Å². The zero-order valence-electron chi connectivity index (χ0n) is 17.6. The van der Waals surface area contributed by atoms with Crippen molar-refractivity contribution >= 4 is 17.4 Å². The highest BCUT2D eigenvalue weighted by Gasteiger charge is 2.45. The number of carbonyl (C=O) groups is 2. The number of hydrogen-bond donors (Lipinski definition) is 1. The number of hydrogen-bond acceptors (Lipinski definition) is 6. The SMILES string of the molecule is COCCN1C(=O)C(=O)/C(=C(\O)c2ccc(OC)c(C(C)C)c2)C1c1ccncc1. The van der Waals surface area contributed by atoms with E-state index in [2.05, 4.69) is 4.98 Å². The Morgan fingerprint density at radius 2 is 1.87 bits per heavy atom. The lowest BCUT2D eigenvalue weighted by Gasteiger charge is -2.25. The average Bonchev–Trinajstić information content (AvgIpc) is 3.02. The molecule has 2 heterocycles. The molecule has 0 spiro atoms. The van der Waals surface area contributed by atoms with E-state index >= 15 is 0 Å². The van der Waals surface area contributed by atoms with Gasteiger partial charge in [0.1, 0.15) is 11.5 Å². The van der Waals surface area contributed by atoms with Crippen LogP contribution in [0.25, 0.3) is 5.76 Å².